The van der Waals surface area contributed by atoms with Gasteiger partial charge in [0.15, 0.2) is 0 Å². The zero-order valence-corrected chi connectivity index (χ0v) is 16.3. The normalized spacial score (nSPS) is 22.4. The lowest BCUT2D eigenvalue weighted by Crippen LogP contribution is -2.42. The molecule has 5 heteroatoms. The highest BCUT2D eigenvalue weighted by molar-refractivity contribution is 5.85. The van der Waals surface area contributed by atoms with Crippen molar-refractivity contribution in [2.24, 2.45) is 0 Å². The lowest BCUT2D eigenvalue weighted by atomic mass is 9.90. The minimum atomic E-state index is 0.148. The summed E-state index contributed by atoms with van der Waals surface area (Å²) in [6.07, 6.45) is 0.982. The molecule has 1 fully saturated rings. The lowest BCUT2D eigenvalue weighted by Gasteiger charge is -2.32. The molecule has 1 aromatic heterocycles. The van der Waals surface area contributed by atoms with Crippen LogP contribution in [0, 0.1) is 0 Å². The van der Waals surface area contributed by atoms with E-state index in [1.165, 1.54) is 33.4 Å². The van der Waals surface area contributed by atoms with Crippen LogP contribution in [-0.2, 0) is 15.9 Å². The van der Waals surface area contributed by atoms with E-state index in [0.717, 1.165) is 32.7 Å². The minimum Gasteiger partial charge on any atom is -0.383 e. The average molecular weight is 377 g/mol. The number of benzene rings is 2. The van der Waals surface area contributed by atoms with E-state index < -0.39 is 0 Å². The van der Waals surface area contributed by atoms with Gasteiger partial charge in [0.2, 0.25) is 0 Å². The topological polar surface area (TPSA) is 49.5 Å². The Morgan fingerprint density at radius 2 is 1.86 bits per heavy atom. The van der Waals surface area contributed by atoms with Crippen LogP contribution < -0.4 is 10.2 Å². The summed E-state index contributed by atoms with van der Waals surface area (Å²) in [5.41, 5.74) is 6.47. The Balaban J connectivity index is 1.50. The van der Waals surface area contributed by atoms with Gasteiger partial charge in [0.1, 0.15) is 0 Å². The number of aromatic amines is 1. The molecule has 2 N–H and O–H groups in total. The number of anilines is 1. The van der Waals surface area contributed by atoms with Gasteiger partial charge in [-0.05, 0) is 35.7 Å². The number of nitrogens with zero attached hydrogens (tertiary/aromatic N) is 1. The predicted octanol–water partition coefficient (Wildman–Crippen LogP) is 3.25. The quantitative estimate of drug-likeness (QED) is 0.733. The van der Waals surface area contributed by atoms with Gasteiger partial charge >= 0.3 is 0 Å². The second-order valence-electron chi connectivity index (χ2n) is 7.71. The van der Waals surface area contributed by atoms with E-state index in [4.69, 9.17) is 9.47 Å². The zero-order chi connectivity index (χ0) is 18.9. The molecule has 1 unspecified atom stereocenters. The van der Waals surface area contributed by atoms with Crippen LogP contribution in [0.5, 0.6) is 0 Å². The third kappa shape index (κ3) is 3.20. The van der Waals surface area contributed by atoms with E-state index in [1.807, 2.05) is 0 Å². The molecule has 0 aliphatic carbocycles. The number of nitrogens with one attached hydrogen (secondary N) is 2. The van der Waals surface area contributed by atoms with Crippen molar-refractivity contribution in [3.05, 3.63) is 65.4 Å². The van der Waals surface area contributed by atoms with Gasteiger partial charge in [0.25, 0.3) is 0 Å². The maximum absolute atomic E-state index is 5.48. The first-order valence-corrected chi connectivity index (χ1v) is 10.1. The largest absolute Gasteiger partial charge is 0.383 e. The molecule has 0 bridgehead atoms. The van der Waals surface area contributed by atoms with Gasteiger partial charge in [-0.2, -0.15) is 0 Å². The summed E-state index contributed by atoms with van der Waals surface area (Å²) < 4.78 is 11.0. The second-order valence-corrected chi connectivity index (χ2v) is 7.71. The standard InChI is InChI=1S/C23H27N3O2/c1-27-15-17-14-20-19-4-2-3-5-21(19)25-23(20)22(24-17)16-6-8-18(9-7-16)26-10-12-28-13-11-26/h2-9,17,22,24-25H,10-15H2,1H3/t17-,22?/m1/s1. The van der Waals surface area contributed by atoms with Gasteiger partial charge in [-0.15, -0.1) is 0 Å². The van der Waals surface area contributed by atoms with Crippen LogP contribution in [0.3, 0.4) is 0 Å². The molecule has 2 aromatic carbocycles. The number of ether oxygens (including phenoxy) is 2. The SMILES string of the molecule is COC[C@H]1Cc2c([nH]c3ccccc23)C(c2ccc(N3CCOCC3)cc2)N1. The van der Waals surface area contributed by atoms with E-state index in [2.05, 4.69) is 63.7 Å². The van der Waals surface area contributed by atoms with Crippen molar-refractivity contribution in [3.8, 4) is 0 Å². The summed E-state index contributed by atoms with van der Waals surface area (Å²) in [5.74, 6) is 0. The fourth-order valence-corrected chi connectivity index (χ4v) is 4.58. The molecule has 0 radical (unpaired) electrons. The number of H-pyrrole nitrogens is 1. The molecule has 2 atom stereocenters. The van der Waals surface area contributed by atoms with Crippen molar-refractivity contribution in [2.75, 3.05) is 44.9 Å². The van der Waals surface area contributed by atoms with Crippen molar-refractivity contribution in [2.45, 2.75) is 18.5 Å². The number of morpholine rings is 1. The Bertz CT molecular complexity index is 944. The van der Waals surface area contributed by atoms with Crippen LogP contribution in [0.4, 0.5) is 5.69 Å². The molecule has 5 nitrogen and oxygen atoms in total. The molecule has 0 amide bonds. The third-order valence-electron chi connectivity index (χ3n) is 5.96. The molecular weight excluding hydrogens is 350 g/mol. The fraction of sp³-hybridized carbons (Fsp3) is 0.391. The molecule has 5 rings (SSSR count). The smallest absolute Gasteiger partial charge is 0.0735 e. The summed E-state index contributed by atoms with van der Waals surface area (Å²) in [6.45, 7) is 4.25. The molecule has 146 valence electrons. The monoisotopic (exact) mass is 377 g/mol. The molecule has 1 saturated heterocycles. The van der Waals surface area contributed by atoms with Crippen molar-refractivity contribution < 1.29 is 9.47 Å². The highest BCUT2D eigenvalue weighted by Gasteiger charge is 2.30. The molecule has 3 aromatic rings. The summed E-state index contributed by atoms with van der Waals surface area (Å²) in [5, 5.41) is 5.13. The van der Waals surface area contributed by atoms with Gasteiger partial charge in [-0.1, -0.05) is 30.3 Å². The summed E-state index contributed by atoms with van der Waals surface area (Å²) in [7, 11) is 1.78. The van der Waals surface area contributed by atoms with Crippen LogP contribution in [-0.4, -0.2) is 51.0 Å². The average Bonchev–Trinajstić information content (AvgIpc) is 3.13. The van der Waals surface area contributed by atoms with Gasteiger partial charge in [-0.25, -0.2) is 0 Å². The molecule has 3 heterocycles. The van der Waals surface area contributed by atoms with E-state index >= 15 is 0 Å². The molecule has 28 heavy (non-hydrogen) atoms. The van der Waals surface area contributed by atoms with Crippen molar-refractivity contribution >= 4 is 16.6 Å². The van der Waals surface area contributed by atoms with Crippen LogP contribution in [0.2, 0.25) is 0 Å². The molecule has 2 aliphatic rings. The predicted molar refractivity (Wildman–Crippen MR) is 112 cm³/mol. The van der Waals surface area contributed by atoms with Gasteiger partial charge in [0, 0.05) is 48.5 Å². The Labute approximate surface area is 165 Å². The van der Waals surface area contributed by atoms with Crippen molar-refractivity contribution in [1.82, 2.24) is 10.3 Å². The van der Waals surface area contributed by atoms with Crippen LogP contribution >= 0.6 is 0 Å². The van der Waals surface area contributed by atoms with E-state index in [-0.39, 0.29) is 6.04 Å². The number of methoxy groups -OCH3 is 1. The first-order valence-electron chi connectivity index (χ1n) is 10.1. The number of hydrogen-bond donors (Lipinski definition) is 2. The third-order valence-corrected chi connectivity index (χ3v) is 5.96. The van der Waals surface area contributed by atoms with Crippen LogP contribution in [0.1, 0.15) is 22.9 Å². The first-order chi connectivity index (χ1) is 13.8. The number of fused-ring (bicyclic) bond motifs is 3. The van der Waals surface area contributed by atoms with E-state index in [9.17, 15) is 0 Å². The second kappa shape index (κ2) is 7.59. The fourth-order valence-electron chi connectivity index (χ4n) is 4.58. The summed E-state index contributed by atoms with van der Waals surface area (Å²) >= 11 is 0. The van der Waals surface area contributed by atoms with E-state index in [0.29, 0.717) is 12.6 Å². The van der Waals surface area contributed by atoms with Gasteiger partial charge in [0.05, 0.1) is 25.9 Å². The Hall–Kier alpha value is -2.34. The Morgan fingerprint density at radius 3 is 2.64 bits per heavy atom. The van der Waals surface area contributed by atoms with Crippen molar-refractivity contribution in [1.29, 1.82) is 0 Å². The number of hydrogen-bond acceptors (Lipinski definition) is 4. The number of para-hydroxylation sites is 1. The minimum absolute atomic E-state index is 0.148. The maximum Gasteiger partial charge on any atom is 0.0735 e. The van der Waals surface area contributed by atoms with E-state index in [1.54, 1.807) is 7.11 Å². The van der Waals surface area contributed by atoms with Crippen molar-refractivity contribution in [3.63, 3.8) is 0 Å². The first kappa shape index (κ1) is 17.7. The maximum atomic E-state index is 5.48. The lowest BCUT2D eigenvalue weighted by molar-refractivity contribution is 0.122. The summed E-state index contributed by atoms with van der Waals surface area (Å²) in [6, 6.07) is 18.0. The Morgan fingerprint density at radius 1 is 1.07 bits per heavy atom. The zero-order valence-electron chi connectivity index (χ0n) is 16.3. The molecule has 0 saturated carbocycles. The van der Waals surface area contributed by atoms with Crippen LogP contribution in [0.25, 0.3) is 10.9 Å². The van der Waals surface area contributed by atoms with Gasteiger partial charge in [-0.3, -0.25) is 5.32 Å². The van der Waals surface area contributed by atoms with Crippen LogP contribution in [0.15, 0.2) is 48.5 Å². The Kier molecular flexibility index (Phi) is 4.81. The number of aromatic nitrogens is 1. The van der Waals surface area contributed by atoms with Gasteiger partial charge < -0.3 is 19.4 Å². The molecule has 2 aliphatic heterocycles. The molecular formula is C23H27N3O2. The molecule has 0 spiro atoms. The number of rotatable bonds is 4. The highest BCUT2D eigenvalue weighted by Crippen LogP contribution is 2.35. The summed E-state index contributed by atoms with van der Waals surface area (Å²) in [4.78, 5) is 6.07. The highest BCUT2D eigenvalue weighted by atomic mass is 16.5.